The summed E-state index contributed by atoms with van der Waals surface area (Å²) in [5.74, 6) is 0.132. The second kappa shape index (κ2) is 8.57. The Bertz CT molecular complexity index is 869. The van der Waals surface area contributed by atoms with Gasteiger partial charge < -0.3 is 4.90 Å². The topological polar surface area (TPSA) is 66.5 Å². The molecule has 1 aliphatic rings. The van der Waals surface area contributed by atoms with E-state index < -0.39 is 10.0 Å². The van der Waals surface area contributed by atoms with Gasteiger partial charge in [0.05, 0.1) is 11.3 Å². The monoisotopic (exact) mass is 386 g/mol. The van der Waals surface area contributed by atoms with Crippen molar-refractivity contribution in [2.75, 3.05) is 17.8 Å². The number of carbonyl (C=O) groups is 1. The molecule has 27 heavy (non-hydrogen) atoms. The quantitative estimate of drug-likeness (QED) is 0.791. The van der Waals surface area contributed by atoms with E-state index in [9.17, 15) is 13.2 Å². The second-order valence-corrected chi connectivity index (χ2v) is 8.64. The molecule has 1 heterocycles. The number of rotatable bonds is 7. The van der Waals surface area contributed by atoms with Crippen molar-refractivity contribution in [2.45, 2.75) is 43.9 Å². The highest BCUT2D eigenvalue weighted by atomic mass is 32.2. The van der Waals surface area contributed by atoms with Crippen molar-refractivity contribution in [1.29, 1.82) is 0 Å². The number of nitrogens with one attached hydrogen (secondary N) is 1. The lowest BCUT2D eigenvalue weighted by Crippen LogP contribution is -2.29. The van der Waals surface area contributed by atoms with Gasteiger partial charge in [0.15, 0.2) is 0 Å². The van der Waals surface area contributed by atoms with Crippen LogP contribution in [0.2, 0.25) is 0 Å². The predicted molar refractivity (Wildman–Crippen MR) is 107 cm³/mol. The molecule has 1 saturated heterocycles. The minimum Gasteiger partial charge on any atom is -0.342 e. The highest BCUT2D eigenvalue weighted by Gasteiger charge is 2.18. The smallest absolute Gasteiger partial charge is 0.261 e. The third-order valence-corrected chi connectivity index (χ3v) is 6.19. The largest absolute Gasteiger partial charge is 0.342 e. The van der Waals surface area contributed by atoms with Crippen LogP contribution in [-0.4, -0.2) is 32.3 Å². The fraction of sp³-hybridized carbons (Fsp3) is 0.381. The average molecular weight is 387 g/mol. The first kappa shape index (κ1) is 19.4. The summed E-state index contributed by atoms with van der Waals surface area (Å²) in [6, 6.07) is 14.0. The van der Waals surface area contributed by atoms with Crippen LogP contribution in [0.15, 0.2) is 53.4 Å². The van der Waals surface area contributed by atoms with Gasteiger partial charge in [-0.3, -0.25) is 9.52 Å². The number of hydrogen-bond donors (Lipinski definition) is 1. The lowest BCUT2D eigenvalue weighted by molar-refractivity contribution is -0.129. The molecule has 5 nitrogen and oxygen atoms in total. The molecule has 144 valence electrons. The molecule has 2 aromatic carbocycles. The van der Waals surface area contributed by atoms with E-state index in [1.165, 1.54) is 0 Å². The van der Waals surface area contributed by atoms with Crippen molar-refractivity contribution in [3.8, 4) is 0 Å². The van der Waals surface area contributed by atoms with Gasteiger partial charge in [-0.2, -0.15) is 0 Å². The first-order valence-corrected chi connectivity index (χ1v) is 10.9. The van der Waals surface area contributed by atoms with E-state index in [1.807, 2.05) is 17.0 Å². The van der Waals surface area contributed by atoms with Gasteiger partial charge in [0, 0.05) is 18.8 Å². The number of hydrogen-bond acceptors (Lipinski definition) is 3. The highest BCUT2D eigenvalue weighted by Crippen LogP contribution is 2.18. The maximum atomic E-state index is 12.5. The van der Waals surface area contributed by atoms with E-state index in [0.29, 0.717) is 12.1 Å². The first-order valence-electron chi connectivity index (χ1n) is 9.46. The maximum Gasteiger partial charge on any atom is 0.261 e. The number of sulfonamides is 1. The molecule has 0 aromatic heterocycles. The Labute approximate surface area is 161 Å². The summed E-state index contributed by atoms with van der Waals surface area (Å²) in [7, 11) is -3.62. The fourth-order valence-corrected chi connectivity index (χ4v) is 4.34. The van der Waals surface area contributed by atoms with Crippen molar-refractivity contribution in [3.05, 3.63) is 59.7 Å². The number of carbonyl (C=O) groups excluding carboxylic acids is 1. The van der Waals surface area contributed by atoms with E-state index in [-0.39, 0.29) is 10.8 Å². The molecule has 0 spiro atoms. The fourth-order valence-electron chi connectivity index (χ4n) is 3.28. The maximum absolute atomic E-state index is 12.5. The predicted octanol–water partition coefficient (Wildman–Crippen LogP) is 3.60. The molecule has 3 rings (SSSR count). The zero-order valence-electron chi connectivity index (χ0n) is 15.6. The highest BCUT2D eigenvalue weighted by molar-refractivity contribution is 7.92. The summed E-state index contributed by atoms with van der Waals surface area (Å²) >= 11 is 0. The van der Waals surface area contributed by atoms with Gasteiger partial charge in [-0.25, -0.2) is 8.42 Å². The van der Waals surface area contributed by atoms with Crippen LogP contribution in [0, 0.1) is 0 Å². The van der Waals surface area contributed by atoms with Gasteiger partial charge in [-0.1, -0.05) is 37.6 Å². The van der Waals surface area contributed by atoms with E-state index in [2.05, 4.69) is 11.6 Å². The van der Waals surface area contributed by atoms with E-state index in [1.54, 1.807) is 36.4 Å². The van der Waals surface area contributed by atoms with Crippen LogP contribution in [0.4, 0.5) is 5.69 Å². The van der Waals surface area contributed by atoms with Crippen LogP contribution in [0.5, 0.6) is 0 Å². The molecule has 0 saturated carbocycles. The number of amides is 1. The Kier molecular flexibility index (Phi) is 6.16. The van der Waals surface area contributed by atoms with Crippen LogP contribution >= 0.6 is 0 Å². The molecule has 1 amide bonds. The molecular formula is C21H26N2O3S. The lowest BCUT2D eigenvalue weighted by Gasteiger charge is -2.15. The van der Waals surface area contributed by atoms with E-state index in [0.717, 1.165) is 49.9 Å². The molecular weight excluding hydrogens is 360 g/mol. The Balaban J connectivity index is 1.63. The number of nitrogens with zero attached hydrogens (tertiary/aromatic N) is 1. The SMILES string of the molecule is CCCc1ccc(S(=O)(=O)Nc2ccc(CC(=O)N3CCCC3)cc2)cc1. The van der Waals surface area contributed by atoms with Crippen LogP contribution in [-0.2, 0) is 27.7 Å². The average Bonchev–Trinajstić information content (AvgIpc) is 3.19. The number of benzene rings is 2. The summed E-state index contributed by atoms with van der Waals surface area (Å²) in [5, 5.41) is 0. The van der Waals surface area contributed by atoms with Gasteiger partial charge in [0.1, 0.15) is 0 Å². The number of anilines is 1. The van der Waals surface area contributed by atoms with Crippen LogP contribution in [0.1, 0.15) is 37.3 Å². The van der Waals surface area contributed by atoms with Gasteiger partial charge in [0.25, 0.3) is 10.0 Å². The lowest BCUT2D eigenvalue weighted by atomic mass is 10.1. The Morgan fingerprint density at radius 1 is 0.963 bits per heavy atom. The van der Waals surface area contributed by atoms with Crippen molar-refractivity contribution >= 4 is 21.6 Å². The summed E-state index contributed by atoms with van der Waals surface area (Å²) in [5.41, 5.74) is 2.51. The molecule has 0 aliphatic carbocycles. The van der Waals surface area contributed by atoms with Gasteiger partial charge >= 0.3 is 0 Å². The summed E-state index contributed by atoms with van der Waals surface area (Å²) in [4.78, 5) is 14.3. The minimum atomic E-state index is -3.62. The van der Waals surface area contributed by atoms with Crippen molar-refractivity contribution in [2.24, 2.45) is 0 Å². The van der Waals surface area contributed by atoms with Crippen LogP contribution < -0.4 is 4.72 Å². The third-order valence-electron chi connectivity index (χ3n) is 4.79. The first-order chi connectivity index (χ1) is 13.0. The Morgan fingerprint density at radius 3 is 2.15 bits per heavy atom. The minimum absolute atomic E-state index is 0.132. The van der Waals surface area contributed by atoms with Crippen LogP contribution in [0.25, 0.3) is 0 Å². The molecule has 1 aliphatic heterocycles. The van der Waals surface area contributed by atoms with Crippen molar-refractivity contribution < 1.29 is 13.2 Å². The zero-order chi connectivity index (χ0) is 19.3. The molecule has 1 N–H and O–H groups in total. The third kappa shape index (κ3) is 5.10. The van der Waals surface area contributed by atoms with E-state index >= 15 is 0 Å². The molecule has 0 atom stereocenters. The molecule has 2 aromatic rings. The molecule has 0 radical (unpaired) electrons. The molecule has 0 unspecified atom stereocenters. The summed E-state index contributed by atoms with van der Waals surface area (Å²) in [6.45, 7) is 3.77. The number of aryl methyl sites for hydroxylation is 1. The molecule has 1 fully saturated rings. The van der Waals surface area contributed by atoms with Crippen molar-refractivity contribution in [3.63, 3.8) is 0 Å². The van der Waals surface area contributed by atoms with E-state index in [4.69, 9.17) is 0 Å². The summed E-state index contributed by atoms with van der Waals surface area (Å²) < 4.78 is 27.7. The normalized spacial score (nSPS) is 14.3. The molecule has 6 heteroatoms. The zero-order valence-corrected chi connectivity index (χ0v) is 16.5. The molecule has 0 bridgehead atoms. The van der Waals surface area contributed by atoms with Crippen molar-refractivity contribution in [1.82, 2.24) is 4.90 Å². The van der Waals surface area contributed by atoms with Gasteiger partial charge in [0.2, 0.25) is 5.91 Å². The second-order valence-electron chi connectivity index (χ2n) is 6.96. The van der Waals surface area contributed by atoms with Crippen LogP contribution in [0.3, 0.4) is 0 Å². The Hall–Kier alpha value is -2.34. The van der Waals surface area contributed by atoms with Gasteiger partial charge in [-0.05, 0) is 54.7 Å². The Morgan fingerprint density at radius 2 is 1.56 bits per heavy atom. The number of likely N-dealkylation sites (tertiary alicyclic amines) is 1. The standard InChI is InChI=1S/C21H26N2O3S/c1-2-5-17-8-12-20(13-9-17)27(25,26)22-19-10-6-18(7-11-19)16-21(24)23-14-3-4-15-23/h6-13,22H,2-5,14-16H2,1H3. The summed E-state index contributed by atoms with van der Waals surface area (Å²) in [6.07, 6.45) is 4.46. The van der Waals surface area contributed by atoms with Gasteiger partial charge in [-0.15, -0.1) is 0 Å².